The van der Waals surface area contributed by atoms with Crippen LogP contribution < -0.4 is 16.3 Å². The van der Waals surface area contributed by atoms with Gasteiger partial charge in [0, 0.05) is 30.3 Å². The van der Waals surface area contributed by atoms with Crippen molar-refractivity contribution in [3.63, 3.8) is 0 Å². The minimum Gasteiger partial charge on any atom is -0.380 e. The number of hydrogen-bond donors (Lipinski definition) is 3. The number of hydrogen-bond acceptors (Lipinski definition) is 6. The second kappa shape index (κ2) is 8.98. The first-order chi connectivity index (χ1) is 12.8. The molecule has 3 rings (SSSR count). The number of rotatable bonds is 8. The molecule has 1 aromatic heterocycles. The summed E-state index contributed by atoms with van der Waals surface area (Å²) in [5.74, 6) is -0.312. The fraction of sp³-hybridized carbons (Fsp3) is 0.263. The maximum absolute atomic E-state index is 12.4. The molecule has 7 nitrogen and oxygen atoms in total. The fourth-order valence-corrected chi connectivity index (χ4v) is 2.49. The Morgan fingerprint density at radius 1 is 1.27 bits per heavy atom. The Hall–Kier alpha value is -2.90. The van der Waals surface area contributed by atoms with E-state index in [2.05, 4.69) is 21.3 Å². The van der Waals surface area contributed by atoms with Crippen LogP contribution in [0.5, 0.6) is 0 Å². The highest BCUT2D eigenvalue weighted by atomic mass is 16.7. The lowest BCUT2D eigenvalue weighted by atomic mass is 10.1. The molecule has 1 aliphatic rings. The van der Waals surface area contributed by atoms with Crippen LogP contribution in [0.1, 0.15) is 29.3 Å². The highest BCUT2D eigenvalue weighted by Crippen LogP contribution is 2.16. The Morgan fingerprint density at radius 2 is 2.08 bits per heavy atom. The molecule has 136 valence electrons. The molecule has 7 heteroatoms. The monoisotopic (exact) mass is 354 g/mol. The summed E-state index contributed by atoms with van der Waals surface area (Å²) < 4.78 is 0. The zero-order valence-electron chi connectivity index (χ0n) is 14.6. The lowest BCUT2D eigenvalue weighted by Crippen LogP contribution is -2.29. The van der Waals surface area contributed by atoms with Crippen LogP contribution in [0.3, 0.4) is 0 Å². The number of carbonyl (C=O) groups excluding carboxylic acids is 1. The first-order valence-corrected chi connectivity index (χ1v) is 8.52. The zero-order chi connectivity index (χ0) is 18.2. The van der Waals surface area contributed by atoms with Crippen molar-refractivity contribution in [2.24, 2.45) is 0 Å². The summed E-state index contributed by atoms with van der Waals surface area (Å²) in [4.78, 5) is 27.0. The summed E-state index contributed by atoms with van der Waals surface area (Å²) in [5.41, 5.74) is 8.63. The molecule has 1 atom stereocenters. The van der Waals surface area contributed by atoms with Crippen molar-refractivity contribution in [1.82, 2.24) is 15.9 Å². The van der Waals surface area contributed by atoms with Crippen molar-refractivity contribution in [3.05, 3.63) is 71.7 Å². The van der Waals surface area contributed by atoms with E-state index in [1.807, 2.05) is 43.3 Å². The number of aromatic nitrogens is 1. The van der Waals surface area contributed by atoms with E-state index in [1.54, 1.807) is 18.5 Å². The molecule has 2 aromatic rings. The van der Waals surface area contributed by atoms with E-state index in [-0.39, 0.29) is 18.6 Å². The Kier molecular flexibility index (Phi) is 6.19. The quantitative estimate of drug-likeness (QED) is 0.632. The minimum atomic E-state index is -0.312. The van der Waals surface area contributed by atoms with Gasteiger partial charge in [0.15, 0.2) is 0 Å². The second-order valence-electron chi connectivity index (χ2n) is 5.80. The van der Waals surface area contributed by atoms with Gasteiger partial charge in [-0.2, -0.15) is 0 Å². The van der Waals surface area contributed by atoms with Crippen molar-refractivity contribution in [2.45, 2.75) is 26.0 Å². The van der Waals surface area contributed by atoms with Gasteiger partial charge in [-0.1, -0.05) is 19.1 Å². The van der Waals surface area contributed by atoms with Crippen LogP contribution in [-0.4, -0.2) is 23.6 Å². The van der Waals surface area contributed by atoms with Crippen molar-refractivity contribution >= 4 is 11.6 Å². The second-order valence-corrected chi connectivity index (χ2v) is 5.80. The summed E-state index contributed by atoms with van der Waals surface area (Å²) in [6, 6.07) is 11.1. The van der Waals surface area contributed by atoms with Gasteiger partial charge in [-0.3, -0.25) is 24.9 Å². The number of benzene rings is 1. The number of carbonyl (C=O) groups is 1. The summed E-state index contributed by atoms with van der Waals surface area (Å²) in [6.07, 6.45) is 6.06. The van der Waals surface area contributed by atoms with Crippen LogP contribution in [0.2, 0.25) is 0 Å². The van der Waals surface area contributed by atoms with Gasteiger partial charge in [0.05, 0.1) is 5.56 Å². The average molecular weight is 354 g/mol. The normalized spacial score (nSPS) is 15.9. The Morgan fingerprint density at radius 3 is 2.85 bits per heavy atom. The van der Waals surface area contributed by atoms with Gasteiger partial charge in [0.2, 0.25) is 0 Å². The number of para-hydroxylation sites is 1. The summed E-state index contributed by atoms with van der Waals surface area (Å²) in [5, 5.41) is 3.27. The van der Waals surface area contributed by atoms with E-state index in [0.29, 0.717) is 12.1 Å². The first-order valence-electron chi connectivity index (χ1n) is 8.52. The van der Waals surface area contributed by atoms with Crippen LogP contribution in [0.25, 0.3) is 0 Å². The standard InChI is InChI=1S/C19H22N4O3/c1-2-15-11-16(26-22-15)13-25-23-19(24)17-5-3-4-6-18(17)21-12-14-7-9-20-10-8-14/h3-11,16,21-22H,2,12-13H2,1H3,(H,23,24). The molecule has 0 spiro atoms. The predicted molar refractivity (Wildman–Crippen MR) is 97.8 cm³/mol. The van der Waals surface area contributed by atoms with Gasteiger partial charge in [-0.25, -0.2) is 5.48 Å². The third-order valence-corrected chi connectivity index (χ3v) is 3.93. The largest absolute Gasteiger partial charge is 0.380 e. The average Bonchev–Trinajstić information content (AvgIpc) is 3.15. The number of anilines is 1. The third kappa shape index (κ3) is 4.81. The van der Waals surface area contributed by atoms with Gasteiger partial charge >= 0.3 is 0 Å². The van der Waals surface area contributed by atoms with Crippen LogP contribution in [0.4, 0.5) is 5.69 Å². The maximum Gasteiger partial charge on any atom is 0.276 e. The number of nitrogens with zero attached hydrogens (tertiary/aromatic N) is 1. The molecule has 1 aliphatic heterocycles. The van der Waals surface area contributed by atoms with Crippen molar-refractivity contribution in [1.29, 1.82) is 0 Å². The maximum atomic E-state index is 12.4. The topological polar surface area (TPSA) is 84.5 Å². The predicted octanol–water partition coefficient (Wildman–Crippen LogP) is 2.55. The number of pyridine rings is 1. The van der Waals surface area contributed by atoms with E-state index in [9.17, 15) is 4.79 Å². The van der Waals surface area contributed by atoms with Gasteiger partial charge in [-0.05, 0) is 42.3 Å². The highest BCUT2D eigenvalue weighted by Gasteiger charge is 2.17. The molecule has 26 heavy (non-hydrogen) atoms. The molecule has 1 amide bonds. The van der Waals surface area contributed by atoms with E-state index < -0.39 is 0 Å². The number of amides is 1. The molecule has 0 fully saturated rings. The summed E-state index contributed by atoms with van der Waals surface area (Å²) in [6.45, 7) is 2.86. The summed E-state index contributed by atoms with van der Waals surface area (Å²) >= 11 is 0. The van der Waals surface area contributed by atoms with Crippen molar-refractivity contribution < 1.29 is 14.5 Å². The molecular formula is C19H22N4O3. The van der Waals surface area contributed by atoms with Crippen LogP contribution in [-0.2, 0) is 16.2 Å². The van der Waals surface area contributed by atoms with Crippen LogP contribution in [0.15, 0.2) is 60.6 Å². The molecule has 3 N–H and O–H groups in total. The first kappa shape index (κ1) is 17.9. The van der Waals surface area contributed by atoms with Gasteiger partial charge in [0.25, 0.3) is 5.91 Å². The number of allylic oxidation sites excluding steroid dienone is 1. The van der Waals surface area contributed by atoms with E-state index in [1.165, 1.54) is 0 Å². The Labute approximate surface area is 152 Å². The van der Waals surface area contributed by atoms with E-state index >= 15 is 0 Å². The lowest BCUT2D eigenvalue weighted by molar-refractivity contribution is -0.0410. The fourth-order valence-electron chi connectivity index (χ4n) is 2.49. The smallest absolute Gasteiger partial charge is 0.276 e. The highest BCUT2D eigenvalue weighted by molar-refractivity contribution is 5.98. The molecule has 2 heterocycles. The molecule has 0 saturated carbocycles. The lowest BCUT2D eigenvalue weighted by Gasteiger charge is -2.13. The zero-order valence-corrected chi connectivity index (χ0v) is 14.6. The SMILES string of the molecule is CCC1=CC(CONC(=O)c2ccccc2NCc2ccncc2)ON1. The van der Waals surface area contributed by atoms with Crippen LogP contribution in [0, 0.1) is 0 Å². The van der Waals surface area contributed by atoms with E-state index in [0.717, 1.165) is 23.4 Å². The third-order valence-electron chi connectivity index (χ3n) is 3.93. The molecule has 1 aromatic carbocycles. The van der Waals surface area contributed by atoms with Gasteiger partial charge in [-0.15, -0.1) is 0 Å². The Bertz CT molecular complexity index is 764. The van der Waals surface area contributed by atoms with Gasteiger partial charge < -0.3 is 5.32 Å². The molecule has 0 aliphatic carbocycles. The number of nitrogens with one attached hydrogen (secondary N) is 3. The molecule has 1 unspecified atom stereocenters. The Balaban J connectivity index is 1.53. The van der Waals surface area contributed by atoms with Gasteiger partial charge in [0.1, 0.15) is 12.7 Å². The molecule has 0 saturated heterocycles. The number of hydroxylamine groups is 2. The summed E-state index contributed by atoms with van der Waals surface area (Å²) in [7, 11) is 0. The molecule has 0 radical (unpaired) electrons. The van der Waals surface area contributed by atoms with Crippen LogP contribution >= 0.6 is 0 Å². The molecular weight excluding hydrogens is 332 g/mol. The molecule has 0 bridgehead atoms. The van der Waals surface area contributed by atoms with Crippen molar-refractivity contribution in [3.8, 4) is 0 Å². The minimum absolute atomic E-state index is 0.217. The van der Waals surface area contributed by atoms with Crippen molar-refractivity contribution in [2.75, 3.05) is 11.9 Å². The van der Waals surface area contributed by atoms with E-state index in [4.69, 9.17) is 9.68 Å².